The van der Waals surface area contributed by atoms with Crippen molar-refractivity contribution in [2.75, 3.05) is 4.90 Å². The van der Waals surface area contributed by atoms with E-state index in [9.17, 15) is 0 Å². The minimum atomic E-state index is 0.850. The van der Waals surface area contributed by atoms with Crippen LogP contribution in [0.4, 0.5) is 17.1 Å². The number of fused-ring (bicyclic) bond motifs is 6. The molecule has 3 nitrogen and oxygen atoms in total. The first-order chi connectivity index (χ1) is 25.3. The van der Waals surface area contributed by atoms with Crippen molar-refractivity contribution >= 4 is 60.9 Å². The van der Waals surface area contributed by atoms with Gasteiger partial charge in [-0.25, -0.2) is 0 Å². The summed E-state index contributed by atoms with van der Waals surface area (Å²) in [5.74, 6) is 0. The van der Waals surface area contributed by atoms with E-state index in [0.29, 0.717) is 0 Å². The number of hydrogen-bond donors (Lipinski definition) is 0. The van der Waals surface area contributed by atoms with Crippen LogP contribution in [0.15, 0.2) is 197 Å². The van der Waals surface area contributed by atoms with Gasteiger partial charge in [0.15, 0.2) is 5.58 Å². The van der Waals surface area contributed by atoms with E-state index in [1.54, 1.807) is 0 Å². The molecule has 0 saturated heterocycles. The van der Waals surface area contributed by atoms with Crippen molar-refractivity contribution in [3.05, 3.63) is 188 Å². The van der Waals surface area contributed by atoms with Crippen LogP contribution in [0.1, 0.15) is 0 Å². The molecule has 0 spiro atoms. The second-order valence-electron chi connectivity index (χ2n) is 12.9. The Morgan fingerprint density at radius 1 is 0.294 bits per heavy atom. The summed E-state index contributed by atoms with van der Waals surface area (Å²) in [6.07, 6.45) is 0. The Bertz CT molecular complexity index is 2790. The summed E-state index contributed by atoms with van der Waals surface area (Å²) in [6.45, 7) is 0. The lowest BCUT2D eigenvalue weighted by Crippen LogP contribution is -2.10. The molecule has 0 unspecified atom stereocenters. The number of furan rings is 2. The minimum Gasteiger partial charge on any atom is -0.456 e. The predicted octanol–water partition coefficient (Wildman–Crippen LogP) is 14.0. The van der Waals surface area contributed by atoms with Gasteiger partial charge in [-0.3, -0.25) is 0 Å². The molecule has 0 bridgehead atoms. The van der Waals surface area contributed by atoms with Gasteiger partial charge < -0.3 is 13.7 Å². The standard InChI is InChI=1S/C48H31NO2/c1-3-12-32(13-4-1)35-28-36(33-14-5-2-6-15-33)30-37(29-35)34-22-24-38(25-23-34)49(39-26-27-47-43(31-39)41-17-8-9-20-45(41)50-47)44-19-11-18-42-40-16-7-10-21-46(40)51-48(42)44/h1-31H. The maximum Gasteiger partial charge on any atom is 0.159 e. The first-order valence-electron chi connectivity index (χ1n) is 17.2. The normalized spacial score (nSPS) is 11.5. The molecule has 0 aliphatic carbocycles. The van der Waals surface area contributed by atoms with Crippen LogP contribution in [-0.4, -0.2) is 0 Å². The smallest absolute Gasteiger partial charge is 0.159 e. The fourth-order valence-electron chi connectivity index (χ4n) is 7.38. The topological polar surface area (TPSA) is 29.5 Å². The van der Waals surface area contributed by atoms with Crippen molar-refractivity contribution < 1.29 is 8.83 Å². The highest BCUT2D eigenvalue weighted by Gasteiger charge is 2.21. The number of para-hydroxylation sites is 3. The van der Waals surface area contributed by atoms with Crippen molar-refractivity contribution in [1.82, 2.24) is 0 Å². The van der Waals surface area contributed by atoms with Crippen molar-refractivity contribution in [2.24, 2.45) is 0 Å². The zero-order valence-corrected chi connectivity index (χ0v) is 27.7. The van der Waals surface area contributed by atoms with Gasteiger partial charge in [-0.2, -0.15) is 0 Å². The molecule has 51 heavy (non-hydrogen) atoms. The maximum atomic E-state index is 6.59. The number of rotatable bonds is 6. The van der Waals surface area contributed by atoms with E-state index < -0.39 is 0 Å². The van der Waals surface area contributed by atoms with E-state index in [-0.39, 0.29) is 0 Å². The van der Waals surface area contributed by atoms with Crippen LogP contribution in [0.5, 0.6) is 0 Å². The number of anilines is 3. The molecule has 0 atom stereocenters. The Balaban J connectivity index is 1.14. The molecule has 0 fully saturated rings. The molecule has 2 heterocycles. The Morgan fingerprint density at radius 3 is 1.43 bits per heavy atom. The third kappa shape index (κ3) is 5.06. The quantitative estimate of drug-likeness (QED) is 0.179. The fraction of sp³-hybridized carbons (Fsp3) is 0. The van der Waals surface area contributed by atoms with Crippen molar-refractivity contribution in [3.8, 4) is 33.4 Å². The molecule has 0 aliphatic heterocycles. The van der Waals surface area contributed by atoms with Crippen molar-refractivity contribution in [2.45, 2.75) is 0 Å². The summed E-state index contributed by atoms with van der Waals surface area (Å²) in [7, 11) is 0. The van der Waals surface area contributed by atoms with Crippen LogP contribution < -0.4 is 4.90 Å². The van der Waals surface area contributed by atoms with E-state index in [1.807, 2.05) is 24.3 Å². The first-order valence-corrected chi connectivity index (χ1v) is 17.2. The van der Waals surface area contributed by atoms with E-state index in [1.165, 1.54) is 27.8 Å². The van der Waals surface area contributed by atoms with Gasteiger partial charge in [0.25, 0.3) is 0 Å². The Morgan fingerprint density at radius 2 is 0.784 bits per heavy atom. The molecule has 10 aromatic rings. The molecule has 3 heteroatoms. The van der Waals surface area contributed by atoms with Crippen LogP contribution in [0.2, 0.25) is 0 Å². The van der Waals surface area contributed by atoms with Gasteiger partial charge in [-0.05, 0) is 100 Å². The second-order valence-corrected chi connectivity index (χ2v) is 12.9. The average molecular weight is 654 g/mol. The molecule has 0 radical (unpaired) electrons. The van der Waals surface area contributed by atoms with Gasteiger partial charge in [0, 0.05) is 32.9 Å². The third-order valence-electron chi connectivity index (χ3n) is 9.85. The first kappa shape index (κ1) is 29.1. The Kier molecular flexibility index (Phi) is 6.81. The summed E-state index contributed by atoms with van der Waals surface area (Å²) in [5, 5.41) is 4.37. The Labute approximate surface area is 295 Å². The molecule has 2 aromatic heterocycles. The fourth-order valence-corrected chi connectivity index (χ4v) is 7.38. The summed E-state index contributed by atoms with van der Waals surface area (Å²) in [5.41, 5.74) is 13.6. The van der Waals surface area contributed by atoms with E-state index in [0.717, 1.165) is 66.5 Å². The summed E-state index contributed by atoms with van der Waals surface area (Å²) >= 11 is 0. The second kappa shape index (κ2) is 11.9. The van der Waals surface area contributed by atoms with E-state index in [4.69, 9.17) is 8.83 Å². The molecule has 8 aromatic carbocycles. The lowest BCUT2D eigenvalue weighted by atomic mass is 9.93. The van der Waals surface area contributed by atoms with Gasteiger partial charge in [0.2, 0.25) is 0 Å². The number of nitrogens with zero attached hydrogens (tertiary/aromatic N) is 1. The summed E-state index contributed by atoms with van der Waals surface area (Å²) < 4.78 is 12.8. The van der Waals surface area contributed by atoms with Crippen LogP contribution in [0.3, 0.4) is 0 Å². The maximum absolute atomic E-state index is 6.59. The van der Waals surface area contributed by atoms with Crippen LogP contribution in [0, 0.1) is 0 Å². The lowest BCUT2D eigenvalue weighted by molar-refractivity contribution is 0.669. The highest BCUT2D eigenvalue weighted by molar-refractivity contribution is 6.11. The molecule has 240 valence electrons. The summed E-state index contributed by atoms with van der Waals surface area (Å²) in [6, 6.07) is 66.3. The zero-order chi connectivity index (χ0) is 33.7. The van der Waals surface area contributed by atoms with Gasteiger partial charge in [-0.1, -0.05) is 121 Å². The van der Waals surface area contributed by atoms with Crippen LogP contribution in [0.25, 0.3) is 77.3 Å². The SMILES string of the molecule is c1ccc(-c2cc(-c3ccccc3)cc(-c3ccc(N(c4ccc5oc6ccccc6c5c4)c4cccc5c4oc4ccccc45)cc3)c2)cc1. The molecule has 10 rings (SSSR count). The summed E-state index contributed by atoms with van der Waals surface area (Å²) in [4.78, 5) is 2.30. The highest BCUT2D eigenvalue weighted by Crippen LogP contribution is 2.44. The van der Waals surface area contributed by atoms with Crippen molar-refractivity contribution in [1.29, 1.82) is 0 Å². The van der Waals surface area contributed by atoms with Gasteiger partial charge in [0.05, 0.1) is 5.69 Å². The number of hydrogen-bond acceptors (Lipinski definition) is 3. The molecule has 0 aliphatic rings. The minimum absolute atomic E-state index is 0.850. The Hall–Kier alpha value is -6.84. The largest absolute Gasteiger partial charge is 0.456 e. The van der Waals surface area contributed by atoms with E-state index in [2.05, 4.69) is 169 Å². The average Bonchev–Trinajstić information content (AvgIpc) is 3.78. The van der Waals surface area contributed by atoms with Crippen LogP contribution >= 0.6 is 0 Å². The molecule has 0 amide bonds. The van der Waals surface area contributed by atoms with Gasteiger partial charge >= 0.3 is 0 Å². The van der Waals surface area contributed by atoms with Crippen LogP contribution in [-0.2, 0) is 0 Å². The third-order valence-corrected chi connectivity index (χ3v) is 9.85. The van der Waals surface area contributed by atoms with Crippen molar-refractivity contribution in [3.63, 3.8) is 0 Å². The van der Waals surface area contributed by atoms with E-state index >= 15 is 0 Å². The molecule has 0 N–H and O–H groups in total. The number of benzene rings is 8. The predicted molar refractivity (Wildman–Crippen MR) is 212 cm³/mol. The van der Waals surface area contributed by atoms with Gasteiger partial charge in [0.1, 0.15) is 16.7 Å². The zero-order valence-electron chi connectivity index (χ0n) is 27.7. The molecular formula is C48H31NO2. The lowest BCUT2D eigenvalue weighted by Gasteiger charge is -2.26. The molecule has 0 saturated carbocycles. The van der Waals surface area contributed by atoms with Gasteiger partial charge in [-0.15, -0.1) is 0 Å². The monoisotopic (exact) mass is 653 g/mol. The molecular weight excluding hydrogens is 623 g/mol. The highest BCUT2D eigenvalue weighted by atomic mass is 16.3.